The summed E-state index contributed by atoms with van der Waals surface area (Å²) >= 11 is 0. The first-order chi connectivity index (χ1) is 5.47. The van der Waals surface area contributed by atoms with E-state index in [1.54, 1.807) is 0 Å². The molecule has 0 saturated carbocycles. The number of hydrogen-bond donors (Lipinski definition) is 3. The van der Waals surface area contributed by atoms with Crippen LogP contribution in [0.2, 0.25) is 0 Å². The molecular weight excluding hydrogens is 219 g/mol. The standard InChI is InChI=1S/C7H9O4P.Ca/c8-7-3-1-6(2-4-7)5-12(9,10)11;/h1-4,8H,5H2,(H2,9,10,11);. The van der Waals surface area contributed by atoms with E-state index in [-0.39, 0.29) is 49.6 Å². The third-order valence-electron chi connectivity index (χ3n) is 1.32. The molecule has 3 N–H and O–H groups in total. The van der Waals surface area contributed by atoms with Crippen molar-refractivity contribution in [1.82, 2.24) is 0 Å². The third-order valence-corrected chi connectivity index (χ3v) is 2.10. The molecular formula is C7H9CaO4P. The molecule has 1 aromatic rings. The van der Waals surface area contributed by atoms with Crippen LogP contribution in [0.1, 0.15) is 5.56 Å². The van der Waals surface area contributed by atoms with Crippen molar-refractivity contribution in [3.05, 3.63) is 29.8 Å². The minimum atomic E-state index is -3.98. The molecule has 68 valence electrons. The molecule has 1 aromatic carbocycles. The van der Waals surface area contributed by atoms with Gasteiger partial charge < -0.3 is 14.9 Å². The van der Waals surface area contributed by atoms with Crippen LogP contribution in [0.4, 0.5) is 0 Å². The van der Waals surface area contributed by atoms with Gasteiger partial charge in [0.15, 0.2) is 0 Å². The molecule has 0 aliphatic rings. The van der Waals surface area contributed by atoms with Gasteiger partial charge in [0, 0.05) is 37.7 Å². The maximum Gasteiger partial charge on any atom is 0.329 e. The van der Waals surface area contributed by atoms with Gasteiger partial charge in [-0.1, -0.05) is 12.1 Å². The Bertz CT molecular complexity index is 305. The van der Waals surface area contributed by atoms with Gasteiger partial charge in [0.05, 0.1) is 6.16 Å². The maximum atomic E-state index is 10.5. The number of phenolic OH excluding ortho intramolecular Hbond substituents is 1. The summed E-state index contributed by atoms with van der Waals surface area (Å²) in [6, 6.07) is 5.75. The third kappa shape index (κ3) is 5.68. The maximum absolute atomic E-state index is 10.5. The van der Waals surface area contributed by atoms with Crippen molar-refractivity contribution in [2.75, 3.05) is 0 Å². The molecule has 6 heteroatoms. The van der Waals surface area contributed by atoms with Crippen molar-refractivity contribution in [1.29, 1.82) is 0 Å². The van der Waals surface area contributed by atoms with Gasteiger partial charge >= 0.3 is 7.60 Å². The zero-order chi connectivity index (χ0) is 9.19. The molecule has 1 rings (SSSR count). The van der Waals surface area contributed by atoms with Crippen molar-refractivity contribution < 1.29 is 19.5 Å². The van der Waals surface area contributed by atoms with Gasteiger partial charge in [-0.3, -0.25) is 4.57 Å². The van der Waals surface area contributed by atoms with Crippen LogP contribution < -0.4 is 0 Å². The second-order valence-corrected chi connectivity index (χ2v) is 4.13. The predicted molar refractivity (Wildman–Crippen MR) is 49.6 cm³/mol. The van der Waals surface area contributed by atoms with E-state index in [0.29, 0.717) is 5.56 Å². The molecule has 0 aliphatic heterocycles. The number of rotatable bonds is 2. The fraction of sp³-hybridized carbons (Fsp3) is 0.143. The number of hydrogen-bond acceptors (Lipinski definition) is 2. The summed E-state index contributed by atoms with van der Waals surface area (Å²) in [4.78, 5) is 17.2. The molecule has 0 spiro atoms. The summed E-state index contributed by atoms with van der Waals surface area (Å²) in [5.74, 6) is 0.0875. The molecule has 0 heterocycles. The molecule has 0 aromatic heterocycles. The molecule has 0 saturated heterocycles. The van der Waals surface area contributed by atoms with E-state index >= 15 is 0 Å². The van der Waals surface area contributed by atoms with Crippen molar-refractivity contribution in [3.8, 4) is 5.75 Å². The van der Waals surface area contributed by atoms with Gasteiger partial charge in [0.25, 0.3) is 0 Å². The van der Waals surface area contributed by atoms with Crippen LogP contribution in [0.15, 0.2) is 24.3 Å². The van der Waals surface area contributed by atoms with Crippen LogP contribution in [0.3, 0.4) is 0 Å². The van der Waals surface area contributed by atoms with Gasteiger partial charge in [-0.05, 0) is 17.7 Å². The van der Waals surface area contributed by atoms with Crippen LogP contribution >= 0.6 is 7.60 Å². The Labute approximate surface area is 106 Å². The smallest absolute Gasteiger partial charge is 0.329 e. The number of aromatic hydroxyl groups is 1. The van der Waals surface area contributed by atoms with Crippen molar-refractivity contribution in [3.63, 3.8) is 0 Å². The zero-order valence-corrected chi connectivity index (χ0v) is 10.0. The molecule has 0 unspecified atom stereocenters. The molecule has 0 bridgehead atoms. The summed E-state index contributed by atoms with van der Waals surface area (Å²) in [6.07, 6.45) is -0.284. The molecule has 13 heavy (non-hydrogen) atoms. The quantitative estimate of drug-likeness (QED) is 0.514. The van der Waals surface area contributed by atoms with E-state index in [0.717, 1.165) is 0 Å². The first kappa shape index (κ1) is 13.4. The first-order valence-electron chi connectivity index (χ1n) is 3.30. The van der Waals surface area contributed by atoms with Crippen LogP contribution in [0.25, 0.3) is 0 Å². The fourth-order valence-corrected chi connectivity index (χ4v) is 1.53. The topological polar surface area (TPSA) is 77.8 Å². The van der Waals surface area contributed by atoms with Gasteiger partial charge in [0.1, 0.15) is 5.75 Å². The Kier molecular flexibility index (Phi) is 5.52. The van der Waals surface area contributed by atoms with Crippen LogP contribution in [0.5, 0.6) is 5.75 Å². The Morgan fingerprint density at radius 2 is 1.62 bits per heavy atom. The number of phenols is 1. The summed E-state index contributed by atoms with van der Waals surface area (Å²) in [5.41, 5.74) is 0.515. The largest absolute Gasteiger partial charge is 0.508 e. The molecule has 4 nitrogen and oxygen atoms in total. The second kappa shape index (κ2) is 5.35. The van der Waals surface area contributed by atoms with E-state index in [9.17, 15) is 4.57 Å². The van der Waals surface area contributed by atoms with Gasteiger partial charge in [-0.25, -0.2) is 0 Å². The summed E-state index contributed by atoms with van der Waals surface area (Å²) in [6.45, 7) is 0. The number of benzene rings is 1. The van der Waals surface area contributed by atoms with Crippen LogP contribution in [0, 0.1) is 0 Å². The Morgan fingerprint density at radius 1 is 1.15 bits per heavy atom. The normalized spacial score (nSPS) is 10.6. The van der Waals surface area contributed by atoms with Crippen LogP contribution in [-0.2, 0) is 10.7 Å². The Morgan fingerprint density at radius 3 is 2.00 bits per heavy atom. The SMILES string of the molecule is O=P(O)(O)Cc1ccc(O)cc1.[Ca]. The summed E-state index contributed by atoms with van der Waals surface area (Å²) in [7, 11) is -3.98. The van der Waals surface area contributed by atoms with Crippen molar-refractivity contribution in [2.24, 2.45) is 0 Å². The minimum Gasteiger partial charge on any atom is -0.508 e. The Balaban J connectivity index is 0.00000144. The van der Waals surface area contributed by atoms with Gasteiger partial charge in [0.2, 0.25) is 0 Å². The van der Waals surface area contributed by atoms with E-state index < -0.39 is 7.60 Å². The monoisotopic (exact) mass is 228 g/mol. The van der Waals surface area contributed by atoms with E-state index in [1.807, 2.05) is 0 Å². The van der Waals surface area contributed by atoms with E-state index in [2.05, 4.69) is 0 Å². The molecule has 0 amide bonds. The zero-order valence-electron chi connectivity index (χ0n) is 6.92. The predicted octanol–water partition coefficient (Wildman–Crippen LogP) is 0.689. The molecule has 0 fully saturated rings. The average Bonchev–Trinajstić information content (AvgIpc) is 1.91. The van der Waals surface area contributed by atoms with Crippen LogP contribution in [-0.4, -0.2) is 52.6 Å². The summed E-state index contributed by atoms with van der Waals surface area (Å²) < 4.78 is 10.5. The van der Waals surface area contributed by atoms with E-state index in [4.69, 9.17) is 14.9 Å². The molecule has 2 radical (unpaired) electrons. The molecule has 0 atom stereocenters. The fourth-order valence-electron chi connectivity index (χ4n) is 0.839. The minimum absolute atomic E-state index is 0. The van der Waals surface area contributed by atoms with Gasteiger partial charge in [-0.15, -0.1) is 0 Å². The summed E-state index contributed by atoms with van der Waals surface area (Å²) in [5, 5.41) is 8.86. The van der Waals surface area contributed by atoms with E-state index in [1.165, 1.54) is 24.3 Å². The van der Waals surface area contributed by atoms with Crippen molar-refractivity contribution >= 4 is 45.3 Å². The first-order valence-corrected chi connectivity index (χ1v) is 5.09. The Hall–Kier alpha value is 0.430. The van der Waals surface area contributed by atoms with Crippen molar-refractivity contribution in [2.45, 2.75) is 6.16 Å². The molecule has 0 aliphatic carbocycles. The average molecular weight is 228 g/mol. The second-order valence-electron chi connectivity index (χ2n) is 2.49. The van der Waals surface area contributed by atoms with Gasteiger partial charge in [-0.2, -0.15) is 0 Å².